The Kier molecular flexibility index (Phi) is 3.78. The predicted octanol–water partition coefficient (Wildman–Crippen LogP) is 0.580. The molecule has 120 valence electrons. The largest absolute Gasteiger partial charge is 0.362 e. The minimum absolute atomic E-state index is 0.0138. The van der Waals surface area contributed by atoms with Crippen LogP contribution in [0.15, 0.2) is 0 Å². The minimum Gasteiger partial charge on any atom is -0.362 e. The molecule has 0 unspecified atom stereocenters. The van der Waals surface area contributed by atoms with Crippen molar-refractivity contribution in [3.8, 4) is 0 Å². The van der Waals surface area contributed by atoms with Gasteiger partial charge in [0, 0.05) is 27.2 Å². The second kappa shape index (κ2) is 5.21. The highest BCUT2D eigenvalue weighted by Gasteiger charge is 2.48. The average molecular weight is 316 g/mol. The summed E-state index contributed by atoms with van der Waals surface area (Å²) in [6.45, 7) is 1.06. The molecular weight excluding hydrogens is 292 g/mol. The molecule has 2 saturated heterocycles. The molecule has 7 heteroatoms. The number of ether oxygens (including phenoxy) is 1. The maximum atomic E-state index is 12.2. The summed E-state index contributed by atoms with van der Waals surface area (Å²) in [6, 6.07) is 0. The van der Waals surface area contributed by atoms with E-state index in [1.807, 2.05) is 0 Å². The molecule has 1 aliphatic carbocycles. The zero-order chi connectivity index (χ0) is 15.3. The van der Waals surface area contributed by atoms with Gasteiger partial charge in [0.15, 0.2) is 0 Å². The molecule has 0 N–H and O–H groups in total. The number of likely N-dealkylation sites (N-methyl/N-ethyl adjacent to an activating group) is 1. The number of carbonyl (C=O) groups is 1. The highest BCUT2D eigenvalue weighted by molar-refractivity contribution is 7.90. The van der Waals surface area contributed by atoms with Gasteiger partial charge in [-0.3, -0.25) is 4.79 Å². The molecule has 3 fully saturated rings. The second-order valence-corrected chi connectivity index (χ2v) is 8.92. The van der Waals surface area contributed by atoms with Crippen LogP contribution in [-0.4, -0.2) is 67.7 Å². The van der Waals surface area contributed by atoms with Gasteiger partial charge in [-0.15, -0.1) is 0 Å². The van der Waals surface area contributed by atoms with Gasteiger partial charge in [-0.25, -0.2) is 12.7 Å². The van der Waals surface area contributed by atoms with E-state index >= 15 is 0 Å². The van der Waals surface area contributed by atoms with Crippen molar-refractivity contribution < 1.29 is 17.9 Å². The third kappa shape index (κ3) is 2.83. The SMILES string of the molecule is CN(C)C(=O)[C@H]1CCC2(CCN(S(=O)(=O)C3CC3)CC2)O1. The second-order valence-electron chi connectivity index (χ2n) is 6.70. The molecule has 1 saturated carbocycles. The summed E-state index contributed by atoms with van der Waals surface area (Å²) < 4.78 is 32.1. The van der Waals surface area contributed by atoms with Gasteiger partial charge in [0.1, 0.15) is 6.10 Å². The Balaban J connectivity index is 1.60. The molecule has 0 aromatic carbocycles. The first-order valence-corrected chi connectivity index (χ1v) is 9.22. The Morgan fingerprint density at radius 2 is 1.76 bits per heavy atom. The van der Waals surface area contributed by atoms with Crippen LogP contribution in [0.5, 0.6) is 0 Å². The van der Waals surface area contributed by atoms with Crippen molar-refractivity contribution in [1.29, 1.82) is 0 Å². The maximum Gasteiger partial charge on any atom is 0.251 e. The molecule has 3 aliphatic rings. The lowest BCUT2D eigenvalue weighted by molar-refractivity contribution is -0.147. The Morgan fingerprint density at radius 1 is 1.14 bits per heavy atom. The molecule has 1 amide bonds. The molecule has 2 aliphatic heterocycles. The topological polar surface area (TPSA) is 66.9 Å². The molecule has 0 bridgehead atoms. The fraction of sp³-hybridized carbons (Fsp3) is 0.929. The number of amides is 1. The van der Waals surface area contributed by atoms with Gasteiger partial charge >= 0.3 is 0 Å². The molecular formula is C14H24N2O4S. The smallest absolute Gasteiger partial charge is 0.251 e. The Hall–Kier alpha value is -0.660. The van der Waals surface area contributed by atoms with Crippen molar-refractivity contribution in [2.75, 3.05) is 27.2 Å². The molecule has 1 spiro atoms. The quantitative estimate of drug-likeness (QED) is 0.764. The van der Waals surface area contributed by atoms with Crippen LogP contribution in [0, 0.1) is 0 Å². The van der Waals surface area contributed by atoms with E-state index in [1.54, 1.807) is 23.3 Å². The lowest BCUT2D eigenvalue weighted by Gasteiger charge is -2.38. The first kappa shape index (κ1) is 15.2. The van der Waals surface area contributed by atoms with Gasteiger partial charge in [0.25, 0.3) is 5.91 Å². The van der Waals surface area contributed by atoms with E-state index in [2.05, 4.69) is 0 Å². The monoisotopic (exact) mass is 316 g/mol. The van der Waals surface area contributed by atoms with Crippen molar-refractivity contribution in [2.24, 2.45) is 0 Å². The fourth-order valence-electron chi connectivity index (χ4n) is 3.37. The number of piperidine rings is 1. The zero-order valence-electron chi connectivity index (χ0n) is 12.7. The highest BCUT2D eigenvalue weighted by Crippen LogP contribution is 2.41. The highest BCUT2D eigenvalue weighted by atomic mass is 32.2. The third-order valence-electron chi connectivity index (χ3n) is 4.91. The summed E-state index contributed by atoms with van der Waals surface area (Å²) in [4.78, 5) is 13.6. The number of hydrogen-bond acceptors (Lipinski definition) is 4. The van der Waals surface area contributed by atoms with Crippen LogP contribution in [-0.2, 0) is 19.6 Å². The maximum absolute atomic E-state index is 12.2. The van der Waals surface area contributed by atoms with Crippen molar-refractivity contribution in [3.05, 3.63) is 0 Å². The van der Waals surface area contributed by atoms with Gasteiger partial charge < -0.3 is 9.64 Å². The molecule has 3 rings (SSSR count). The van der Waals surface area contributed by atoms with E-state index in [1.165, 1.54) is 0 Å². The van der Waals surface area contributed by atoms with Crippen LogP contribution in [0.1, 0.15) is 38.5 Å². The molecule has 2 heterocycles. The normalized spacial score (nSPS) is 29.7. The summed E-state index contributed by atoms with van der Waals surface area (Å²) in [5.41, 5.74) is -0.286. The Labute approximate surface area is 126 Å². The first-order chi connectivity index (χ1) is 9.84. The zero-order valence-corrected chi connectivity index (χ0v) is 13.6. The number of rotatable bonds is 3. The molecule has 0 aromatic heterocycles. The van der Waals surface area contributed by atoms with Gasteiger partial charge in [0.05, 0.1) is 10.9 Å². The van der Waals surface area contributed by atoms with Crippen LogP contribution >= 0.6 is 0 Å². The molecule has 1 atom stereocenters. The van der Waals surface area contributed by atoms with Gasteiger partial charge in [0.2, 0.25) is 10.0 Å². The molecule has 0 radical (unpaired) electrons. The summed E-state index contributed by atoms with van der Waals surface area (Å²) >= 11 is 0. The average Bonchev–Trinajstić information content (AvgIpc) is 3.23. The van der Waals surface area contributed by atoms with E-state index in [0.29, 0.717) is 25.9 Å². The standard InChI is InChI=1S/C14H24N2O4S/c1-15(2)13(17)12-5-6-14(20-12)7-9-16(10-8-14)21(18,19)11-3-4-11/h11-12H,3-10H2,1-2H3/t12-/m1/s1. The first-order valence-electron chi connectivity index (χ1n) is 7.72. The van der Waals surface area contributed by atoms with Crippen molar-refractivity contribution in [2.45, 2.75) is 55.5 Å². The number of sulfonamides is 1. The van der Waals surface area contributed by atoms with Gasteiger partial charge in [-0.1, -0.05) is 0 Å². The van der Waals surface area contributed by atoms with E-state index < -0.39 is 10.0 Å². The third-order valence-corrected chi connectivity index (χ3v) is 7.31. The van der Waals surface area contributed by atoms with E-state index in [-0.39, 0.29) is 22.9 Å². The summed E-state index contributed by atoms with van der Waals surface area (Å²) in [5, 5.41) is -0.140. The molecule has 6 nitrogen and oxygen atoms in total. The number of hydrogen-bond donors (Lipinski definition) is 0. The minimum atomic E-state index is -3.08. The Bertz CT molecular complexity index is 519. The summed E-state index contributed by atoms with van der Waals surface area (Å²) in [5.74, 6) is 0.0138. The van der Waals surface area contributed by atoms with Crippen LogP contribution < -0.4 is 0 Å². The van der Waals surface area contributed by atoms with Gasteiger partial charge in [-0.2, -0.15) is 0 Å². The van der Waals surface area contributed by atoms with Crippen molar-refractivity contribution in [3.63, 3.8) is 0 Å². The lowest BCUT2D eigenvalue weighted by atomic mass is 9.89. The van der Waals surface area contributed by atoms with Gasteiger partial charge in [-0.05, 0) is 38.5 Å². The van der Waals surface area contributed by atoms with Crippen LogP contribution in [0.2, 0.25) is 0 Å². The van der Waals surface area contributed by atoms with Crippen LogP contribution in [0.3, 0.4) is 0 Å². The summed E-state index contributed by atoms with van der Waals surface area (Å²) in [7, 11) is 0.399. The molecule has 0 aromatic rings. The van der Waals surface area contributed by atoms with Crippen molar-refractivity contribution in [1.82, 2.24) is 9.21 Å². The predicted molar refractivity (Wildman–Crippen MR) is 78.3 cm³/mol. The lowest BCUT2D eigenvalue weighted by Crippen LogP contribution is -2.48. The van der Waals surface area contributed by atoms with Crippen molar-refractivity contribution >= 4 is 15.9 Å². The fourth-order valence-corrected chi connectivity index (χ4v) is 5.21. The Morgan fingerprint density at radius 3 is 2.29 bits per heavy atom. The number of nitrogens with zero attached hydrogens (tertiary/aromatic N) is 2. The van der Waals surface area contributed by atoms with E-state index in [4.69, 9.17) is 4.74 Å². The summed E-state index contributed by atoms with van der Waals surface area (Å²) in [6.07, 6.45) is 4.26. The molecule has 21 heavy (non-hydrogen) atoms. The van der Waals surface area contributed by atoms with Crippen LogP contribution in [0.4, 0.5) is 0 Å². The number of carbonyl (C=O) groups excluding carboxylic acids is 1. The van der Waals surface area contributed by atoms with E-state index in [0.717, 1.165) is 25.7 Å². The van der Waals surface area contributed by atoms with E-state index in [9.17, 15) is 13.2 Å². The van der Waals surface area contributed by atoms with Crippen LogP contribution in [0.25, 0.3) is 0 Å².